The fourth-order valence-electron chi connectivity index (χ4n) is 1.46. The number of hydrogen-bond acceptors (Lipinski definition) is 4. The summed E-state index contributed by atoms with van der Waals surface area (Å²) < 4.78 is 5.25. The average molecular weight is 280 g/mol. The lowest BCUT2D eigenvalue weighted by atomic mass is 10.0. The Bertz CT molecular complexity index is 512. The molecule has 1 heterocycles. The van der Waals surface area contributed by atoms with Gasteiger partial charge in [0.05, 0.1) is 0 Å². The number of aryl methyl sites for hydroxylation is 1. The monoisotopic (exact) mass is 280 g/mol. The van der Waals surface area contributed by atoms with E-state index in [9.17, 15) is 9.59 Å². The Kier molecular flexibility index (Phi) is 5.07. The van der Waals surface area contributed by atoms with Crippen molar-refractivity contribution in [2.75, 3.05) is 6.61 Å². The van der Waals surface area contributed by atoms with E-state index in [0.717, 1.165) is 6.42 Å². The number of hydrogen-bond donors (Lipinski definition) is 2. The third-order valence-corrected chi connectivity index (χ3v) is 2.92. The number of carboxylic acids is 1. The summed E-state index contributed by atoms with van der Waals surface area (Å²) in [5.74, 6) is -1.39. The maximum Gasteiger partial charge on any atom is 0.358 e. The van der Waals surface area contributed by atoms with Crippen LogP contribution in [0.5, 0.6) is 5.75 Å². The van der Waals surface area contributed by atoms with Crippen LogP contribution in [-0.2, 0) is 4.79 Å². The van der Waals surface area contributed by atoms with Crippen molar-refractivity contribution in [1.29, 1.82) is 0 Å². The molecule has 0 spiro atoms. The van der Waals surface area contributed by atoms with Crippen molar-refractivity contribution in [2.24, 2.45) is 0 Å². The van der Waals surface area contributed by atoms with E-state index < -0.39 is 5.97 Å². The Labute approximate surface area is 118 Å². The maximum atomic E-state index is 11.7. The molecule has 6 heteroatoms. The second-order valence-corrected chi connectivity index (χ2v) is 5.18. The number of nitrogens with zero attached hydrogens (tertiary/aromatic N) is 1. The smallest absolute Gasteiger partial charge is 0.358 e. The molecule has 0 atom stereocenters. The summed E-state index contributed by atoms with van der Waals surface area (Å²) in [6.45, 7) is 7.22. The molecule has 1 amide bonds. The standard InChI is InChI=1S/C14H20N2O4/c1-5-14(3,4)16-11(17)8-20-10-7-6-9(2)15-12(10)13(18)19/h6-7H,5,8H2,1-4H3,(H,16,17)(H,18,19). The minimum atomic E-state index is -1.18. The highest BCUT2D eigenvalue weighted by molar-refractivity contribution is 5.88. The molecule has 6 nitrogen and oxygen atoms in total. The normalized spacial score (nSPS) is 11.0. The number of carbonyl (C=O) groups is 2. The van der Waals surface area contributed by atoms with Gasteiger partial charge in [-0.05, 0) is 39.3 Å². The third-order valence-electron chi connectivity index (χ3n) is 2.92. The minimum Gasteiger partial charge on any atom is -0.481 e. The molecule has 110 valence electrons. The predicted molar refractivity (Wildman–Crippen MR) is 73.9 cm³/mol. The highest BCUT2D eigenvalue weighted by atomic mass is 16.5. The van der Waals surface area contributed by atoms with E-state index in [4.69, 9.17) is 9.84 Å². The predicted octanol–water partition coefficient (Wildman–Crippen LogP) is 1.77. The van der Waals surface area contributed by atoms with Crippen molar-refractivity contribution in [3.8, 4) is 5.75 Å². The number of nitrogens with one attached hydrogen (secondary N) is 1. The van der Waals surface area contributed by atoms with Crippen LogP contribution in [0.15, 0.2) is 12.1 Å². The fraction of sp³-hybridized carbons (Fsp3) is 0.500. The van der Waals surface area contributed by atoms with Gasteiger partial charge in [-0.3, -0.25) is 4.79 Å². The topological polar surface area (TPSA) is 88.5 Å². The van der Waals surface area contributed by atoms with E-state index in [-0.39, 0.29) is 29.5 Å². The van der Waals surface area contributed by atoms with E-state index in [1.54, 1.807) is 13.0 Å². The van der Waals surface area contributed by atoms with E-state index in [0.29, 0.717) is 5.69 Å². The van der Waals surface area contributed by atoms with Gasteiger partial charge >= 0.3 is 5.97 Å². The largest absolute Gasteiger partial charge is 0.481 e. The third kappa shape index (κ3) is 4.53. The van der Waals surface area contributed by atoms with Crippen LogP contribution >= 0.6 is 0 Å². The zero-order chi connectivity index (χ0) is 15.3. The molecule has 0 fully saturated rings. The fourth-order valence-corrected chi connectivity index (χ4v) is 1.46. The van der Waals surface area contributed by atoms with Crippen LogP contribution in [0.3, 0.4) is 0 Å². The number of carbonyl (C=O) groups excluding carboxylic acids is 1. The Balaban J connectivity index is 2.71. The lowest BCUT2D eigenvalue weighted by Crippen LogP contribution is -2.45. The van der Waals surface area contributed by atoms with Crippen molar-refractivity contribution in [3.63, 3.8) is 0 Å². The zero-order valence-corrected chi connectivity index (χ0v) is 12.2. The summed E-state index contributed by atoms with van der Waals surface area (Å²) in [6.07, 6.45) is 0.783. The quantitative estimate of drug-likeness (QED) is 0.829. The highest BCUT2D eigenvalue weighted by Gasteiger charge is 2.19. The summed E-state index contributed by atoms with van der Waals surface area (Å²) in [4.78, 5) is 26.7. The van der Waals surface area contributed by atoms with E-state index in [1.807, 2.05) is 20.8 Å². The minimum absolute atomic E-state index is 0.0903. The van der Waals surface area contributed by atoms with Crippen molar-refractivity contribution in [2.45, 2.75) is 39.7 Å². The van der Waals surface area contributed by atoms with Gasteiger partial charge in [-0.2, -0.15) is 0 Å². The first-order chi connectivity index (χ1) is 9.25. The van der Waals surface area contributed by atoms with Crippen molar-refractivity contribution in [3.05, 3.63) is 23.5 Å². The van der Waals surface area contributed by atoms with Crippen molar-refractivity contribution >= 4 is 11.9 Å². The molecule has 0 unspecified atom stereocenters. The molecule has 0 aliphatic rings. The number of amides is 1. The van der Waals surface area contributed by atoms with Crippen LogP contribution in [0.2, 0.25) is 0 Å². The van der Waals surface area contributed by atoms with Gasteiger partial charge in [-0.1, -0.05) is 6.92 Å². The number of aromatic nitrogens is 1. The molecule has 0 aliphatic heterocycles. The first-order valence-electron chi connectivity index (χ1n) is 6.40. The Morgan fingerprint density at radius 1 is 1.40 bits per heavy atom. The molecule has 0 saturated carbocycles. The SMILES string of the molecule is CCC(C)(C)NC(=O)COc1ccc(C)nc1C(=O)O. The van der Waals surface area contributed by atoms with E-state index in [1.165, 1.54) is 6.07 Å². The zero-order valence-electron chi connectivity index (χ0n) is 12.2. The molecule has 0 aliphatic carbocycles. The summed E-state index contributed by atoms with van der Waals surface area (Å²) >= 11 is 0. The molecular formula is C14H20N2O4. The summed E-state index contributed by atoms with van der Waals surface area (Å²) in [6, 6.07) is 3.14. The molecule has 0 aromatic carbocycles. The van der Waals surface area contributed by atoms with Crippen LogP contribution < -0.4 is 10.1 Å². The van der Waals surface area contributed by atoms with Gasteiger partial charge in [0.15, 0.2) is 18.1 Å². The first kappa shape index (κ1) is 15.9. The highest BCUT2D eigenvalue weighted by Crippen LogP contribution is 2.17. The summed E-state index contributed by atoms with van der Waals surface area (Å²) in [5, 5.41) is 11.8. The van der Waals surface area contributed by atoms with Crippen molar-refractivity contribution in [1.82, 2.24) is 10.3 Å². The van der Waals surface area contributed by atoms with E-state index in [2.05, 4.69) is 10.3 Å². The number of ether oxygens (including phenoxy) is 1. The van der Waals surface area contributed by atoms with Crippen LogP contribution in [0, 0.1) is 6.92 Å². The second-order valence-electron chi connectivity index (χ2n) is 5.18. The molecule has 20 heavy (non-hydrogen) atoms. The van der Waals surface area contributed by atoms with Gasteiger partial charge in [-0.15, -0.1) is 0 Å². The second kappa shape index (κ2) is 6.36. The number of aromatic carboxylic acids is 1. The van der Waals surface area contributed by atoms with Gasteiger partial charge in [0, 0.05) is 11.2 Å². The number of rotatable bonds is 6. The molecule has 0 bridgehead atoms. The van der Waals surface area contributed by atoms with Crippen LogP contribution in [0.4, 0.5) is 0 Å². The van der Waals surface area contributed by atoms with Crippen molar-refractivity contribution < 1.29 is 19.4 Å². The molecule has 0 radical (unpaired) electrons. The van der Waals surface area contributed by atoms with Crippen LogP contribution in [0.1, 0.15) is 43.4 Å². The summed E-state index contributed by atoms with van der Waals surface area (Å²) in [5.41, 5.74) is 0.0700. The van der Waals surface area contributed by atoms with E-state index >= 15 is 0 Å². The van der Waals surface area contributed by atoms with Gasteiger partial charge < -0.3 is 15.2 Å². The van der Waals surface area contributed by atoms with Crippen LogP contribution in [-0.4, -0.2) is 34.1 Å². The molecule has 1 aromatic rings. The Morgan fingerprint density at radius 2 is 2.05 bits per heavy atom. The first-order valence-corrected chi connectivity index (χ1v) is 6.40. The molecule has 1 aromatic heterocycles. The van der Waals surface area contributed by atoms with Crippen LogP contribution in [0.25, 0.3) is 0 Å². The van der Waals surface area contributed by atoms with Gasteiger partial charge in [0.25, 0.3) is 5.91 Å². The Hall–Kier alpha value is -2.11. The molecule has 0 saturated heterocycles. The lowest BCUT2D eigenvalue weighted by molar-refractivity contribution is -0.124. The lowest BCUT2D eigenvalue weighted by Gasteiger charge is -2.24. The van der Waals surface area contributed by atoms with Gasteiger partial charge in [0.2, 0.25) is 0 Å². The molecule has 1 rings (SSSR count). The average Bonchev–Trinajstić information content (AvgIpc) is 2.36. The van der Waals surface area contributed by atoms with Gasteiger partial charge in [0.1, 0.15) is 0 Å². The number of pyridine rings is 1. The Morgan fingerprint density at radius 3 is 2.60 bits per heavy atom. The maximum absolute atomic E-state index is 11.7. The molecular weight excluding hydrogens is 260 g/mol. The molecule has 2 N–H and O–H groups in total. The summed E-state index contributed by atoms with van der Waals surface area (Å²) in [7, 11) is 0. The van der Waals surface area contributed by atoms with Gasteiger partial charge in [-0.25, -0.2) is 9.78 Å². The number of carboxylic acid groups (broad SMARTS) is 1.